The van der Waals surface area contributed by atoms with Crippen LogP contribution < -0.4 is 0 Å². The molecule has 0 aromatic carbocycles. The zero-order chi connectivity index (χ0) is 13.8. The zero-order valence-electron chi connectivity index (χ0n) is 10.5. The maximum atomic E-state index is 8.67. The molecule has 3 aromatic heterocycles. The molecule has 3 heterocycles. The maximum absolute atomic E-state index is 8.67. The van der Waals surface area contributed by atoms with Crippen LogP contribution in [0.15, 0.2) is 41.0 Å². The first kappa shape index (κ1) is 13.2. The Morgan fingerprint density at radius 1 is 1.35 bits per heavy atom. The van der Waals surface area contributed by atoms with Crippen molar-refractivity contribution in [1.82, 2.24) is 14.6 Å². The summed E-state index contributed by atoms with van der Waals surface area (Å²) < 4.78 is 1.98. The Labute approximate surface area is 124 Å². The molecule has 1 N–H and O–H groups in total. The molecule has 0 saturated heterocycles. The van der Waals surface area contributed by atoms with Crippen molar-refractivity contribution in [3.05, 3.63) is 46.3 Å². The first-order chi connectivity index (χ1) is 9.86. The molecule has 0 aliphatic carbocycles. The van der Waals surface area contributed by atoms with E-state index in [1.54, 1.807) is 23.1 Å². The normalized spacial score (nSPS) is 10.4. The van der Waals surface area contributed by atoms with Crippen LogP contribution in [0.25, 0.3) is 5.65 Å². The Hall–Kier alpha value is -1.81. The molecule has 0 aliphatic heterocycles. The number of nitrogens with zero attached hydrogens (tertiary/aromatic N) is 3. The molecule has 0 spiro atoms. The zero-order valence-corrected chi connectivity index (χ0v) is 12.1. The largest absolute Gasteiger partial charge is 0.384 e. The van der Waals surface area contributed by atoms with Gasteiger partial charge in [0, 0.05) is 27.8 Å². The summed E-state index contributed by atoms with van der Waals surface area (Å²) in [5.41, 5.74) is 1.81. The molecular formula is C14H11N3OS2. The summed E-state index contributed by atoms with van der Waals surface area (Å²) in [6.07, 6.45) is 1.96. The molecule has 0 unspecified atom stereocenters. The van der Waals surface area contributed by atoms with Crippen LogP contribution in [-0.4, -0.2) is 26.3 Å². The van der Waals surface area contributed by atoms with Gasteiger partial charge in [0.05, 0.1) is 0 Å². The van der Waals surface area contributed by atoms with E-state index in [4.69, 9.17) is 5.11 Å². The van der Waals surface area contributed by atoms with Crippen molar-refractivity contribution in [2.75, 3.05) is 6.61 Å². The quantitative estimate of drug-likeness (QED) is 0.596. The number of pyridine rings is 1. The van der Waals surface area contributed by atoms with E-state index in [-0.39, 0.29) is 6.61 Å². The highest BCUT2D eigenvalue weighted by Gasteiger charge is 2.06. The number of rotatable bonds is 3. The number of aromatic nitrogens is 3. The number of thioether (sulfide) groups is 1. The van der Waals surface area contributed by atoms with E-state index in [0.717, 1.165) is 22.1 Å². The Morgan fingerprint density at radius 2 is 2.30 bits per heavy atom. The summed E-state index contributed by atoms with van der Waals surface area (Å²) >= 11 is 3.31. The fourth-order valence-corrected chi connectivity index (χ4v) is 3.51. The van der Waals surface area contributed by atoms with Gasteiger partial charge in [-0.25, -0.2) is 0 Å². The van der Waals surface area contributed by atoms with Gasteiger partial charge in [-0.05, 0) is 18.2 Å². The number of aliphatic hydroxyl groups excluding tert-OH is 1. The van der Waals surface area contributed by atoms with Crippen molar-refractivity contribution < 1.29 is 5.11 Å². The van der Waals surface area contributed by atoms with E-state index in [2.05, 4.69) is 22.0 Å². The van der Waals surface area contributed by atoms with Gasteiger partial charge in [-0.15, -0.1) is 21.5 Å². The molecule has 3 rings (SSSR count). The molecule has 0 bridgehead atoms. The maximum Gasteiger partial charge on any atom is 0.195 e. The van der Waals surface area contributed by atoms with Crippen molar-refractivity contribution >= 4 is 28.7 Å². The first-order valence-electron chi connectivity index (χ1n) is 5.96. The summed E-state index contributed by atoms with van der Waals surface area (Å²) in [7, 11) is 0. The second-order valence-electron chi connectivity index (χ2n) is 3.96. The number of aliphatic hydroxyl groups is 1. The summed E-state index contributed by atoms with van der Waals surface area (Å²) in [4.78, 5) is 1.23. The Balaban J connectivity index is 1.71. The number of hydrogen-bond donors (Lipinski definition) is 1. The van der Waals surface area contributed by atoms with Gasteiger partial charge in [-0.3, -0.25) is 4.40 Å². The third kappa shape index (κ3) is 2.85. The Bertz CT molecular complexity index is 782. The van der Waals surface area contributed by atoms with Crippen LogP contribution in [0.5, 0.6) is 0 Å². The highest BCUT2D eigenvalue weighted by atomic mass is 32.2. The summed E-state index contributed by atoms with van der Waals surface area (Å²) in [5, 5.41) is 19.9. The highest BCUT2D eigenvalue weighted by molar-refractivity contribution is 7.98. The van der Waals surface area contributed by atoms with Crippen LogP contribution in [0.1, 0.15) is 10.4 Å². The minimum absolute atomic E-state index is 0.105. The number of thiophene rings is 1. The van der Waals surface area contributed by atoms with Crippen LogP contribution in [-0.2, 0) is 5.75 Å². The third-order valence-electron chi connectivity index (χ3n) is 2.59. The molecule has 3 aromatic rings. The monoisotopic (exact) mass is 301 g/mol. The fourth-order valence-electron chi connectivity index (χ4n) is 1.72. The molecule has 0 aliphatic rings. The SMILES string of the molecule is OCC#Cc1csc(CSc2nnc3ccccn23)c1. The molecule has 20 heavy (non-hydrogen) atoms. The lowest BCUT2D eigenvalue weighted by Crippen LogP contribution is -1.86. The van der Waals surface area contributed by atoms with Crippen molar-refractivity contribution in [2.45, 2.75) is 10.9 Å². The molecule has 0 amide bonds. The smallest absolute Gasteiger partial charge is 0.195 e. The molecule has 100 valence electrons. The van der Waals surface area contributed by atoms with Crippen LogP contribution in [0.2, 0.25) is 0 Å². The minimum atomic E-state index is -0.105. The van der Waals surface area contributed by atoms with Gasteiger partial charge in [-0.2, -0.15) is 0 Å². The molecular weight excluding hydrogens is 290 g/mol. The first-order valence-corrected chi connectivity index (χ1v) is 7.83. The van der Waals surface area contributed by atoms with Gasteiger partial charge in [0.1, 0.15) is 6.61 Å². The van der Waals surface area contributed by atoms with Gasteiger partial charge in [-0.1, -0.05) is 29.7 Å². The fraction of sp³-hybridized carbons (Fsp3) is 0.143. The predicted octanol–water partition coefficient (Wildman–Crippen LogP) is 2.43. The van der Waals surface area contributed by atoms with Gasteiger partial charge in [0.15, 0.2) is 10.8 Å². The lowest BCUT2D eigenvalue weighted by atomic mass is 10.3. The van der Waals surface area contributed by atoms with Gasteiger partial charge in [0.2, 0.25) is 0 Å². The lowest BCUT2D eigenvalue weighted by molar-refractivity contribution is 0.350. The van der Waals surface area contributed by atoms with Crippen LogP contribution in [0.4, 0.5) is 0 Å². The van der Waals surface area contributed by atoms with Crippen LogP contribution in [0, 0.1) is 11.8 Å². The molecule has 6 heteroatoms. The molecule has 0 atom stereocenters. The average molecular weight is 301 g/mol. The van der Waals surface area contributed by atoms with E-state index >= 15 is 0 Å². The topological polar surface area (TPSA) is 50.4 Å². The van der Waals surface area contributed by atoms with Gasteiger partial charge in [0.25, 0.3) is 0 Å². The molecule has 0 radical (unpaired) electrons. The number of hydrogen-bond acceptors (Lipinski definition) is 5. The Morgan fingerprint density at radius 3 is 3.20 bits per heavy atom. The van der Waals surface area contributed by atoms with Crippen LogP contribution >= 0.6 is 23.1 Å². The standard InChI is InChI=1S/C14H11N3OS2/c18-7-3-4-11-8-12(19-9-11)10-20-14-16-15-13-5-1-2-6-17(13)14/h1-2,5-6,8-9,18H,7,10H2. The highest BCUT2D eigenvalue weighted by Crippen LogP contribution is 2.25. The van der Waals surface area contributed by atoms with Gasteiger partial charge < -0.3 is 5.11 Å². The lowest BCUT2D eigenvalue weighted by Gasteiger charge is -1.97. The molecule has 4 nitrogen and oxygen atoms in total. The van der Waals surface area contributed by atoms with E-state index in [0.29, 0.717) is 0 Å². The predicted molar refractivity (Wildman–Crippen MR) is 80.8 cm³/mol. The second kappa shape index (κ2) is 6.09. The summed E-state index contributed by atoms with van der Waals surface area (Å²) in [6.45, 7) is -0.105. The summed E-state index contributed by atoms with van der Waals surface area (Å²) in [5.74, 6) is 6.39. The van der Waals surface area contributed by atoms with E-state index in [1.165, 1.54) is 4.88 Å². The average Bonchev–Trinajstić information content (AvgIpc) is 3.10. The third-order valence-corrected chi connectivity index (χ3v) is 4.70. The minimum Gasteiger partial charge on any atom is -0.384 e. The van der Waals surface area contributed by atoms with Crippen molar-refractivity contribution in [2.24, 2.45) is 0 Å². The van der Waals surface area contributed by atoms with Crippen LogP contribution in [0.3, 0.4) is 0 Å². The van der Waals surface area contributed by atoms with E-state index < -0.39 is 0 Å². The molecule has 0 fully saturated rings. The number of fused-ring (bicyclic) bond motifs is 1. The van der Waals surface area contributed by atoms with Crippen molar-refractivity contribution in [3.8, 4) is 11.8 Å². The van der Waals surface area contributed by atoms with Crippen molar-refractivity contribution in [3.63, 3.8) is 0 Å². The molecule has 0 saturated carbocycles. The second-order valence-corrected chi connectivity index (χ2v) is 5.90. The Kier molecular flexibility index (Phi) is 4.02. The van der Waals surface area contributed by atoms with E-state index in [1.807, 2.05) is 40.2 Å². The van der Waals surface area contributed by atoms with Crippen molar-refractivity contribution in [1.29, 1.82) is 0 Å². The van der Waals surface area contributed by atoms with E-state index in [9.17, 15) is 0 Å². The summed E-state index contributed by atoms with van der Waals surface area (Å²) in [6, 6.07) is 7.90. The van der Waals surface area contributed by atoms with Gasteiger partial charge >= 0.3 is 0 Å².